The van der Waals surface area contributed by atoms with Crippen molar-refractivity contribution in [2.24, 2.45) is 17.3 Å². The van der Waals surface area contributed by atoms with E-state index in [9.17, 15) is 9.59 Å². The molecular weight excluding hydrogens is 370 g/mol. The van der Waals surface area contributed by atoms with Crippen molar-refractivity contribution in [2.75, 3.05) is 45.2 Å². The van der Waals surface area contributed by atoms with Crippen LogP contribution in [-0.2, 0) is 9.59 Å². The summed E-state index contributed by atoms with van der Waals surface area (Å²) in [4.78, 5) is 32.1. The van der Waals surface area contributed by atoms with Gasteiger partial charge in [-0.1, -0.05) is 17.9 Å². The van der Waals surface area contributed by atoms with E-state index in [0.29, 0.717) is 43.9 Å². The van der Waals surface area contributed by atoms with E-state index in [4.69, 9.17) is 4.42 Å². The molecule has 2 saturated heterocycles. The number of likely N-dealkylation sites (tertiary alicyclic amines) is 1. The van der Waals surface area contributed by atoms with Gasteiger partial charge in [0.05, 0.1) is 5.41 Å². The SMILES string of the molecule is Cc1nnc(N2C[C@@H]3CN(C(=O)CC4CCCC4)CCC[C@]3(C(=O)N(C)C)C2)o1. The molecule has 3 fully saturated rings. The Morgan fingerprint density at radius 1 is 1.17 bits per heavy atom. The quantitative estimate of drug-likeness (QED) is 0.766. The lowest BCUT2D eigenvalue weighted by Gasteiger charge is -2.34. The highest BCUT2D eigenvalue weighted by atomic mass is 16.4. The molecule has 0 aromatic carbocycles. The van der Waals surface area contributed by atoms with E-state index < -0.39 is 5.41 Å². The zero-order valence-electron chi connectivity index (χ0n) is 17.9. The Kier molecular flexibility index (Phi) is 5.53. The van der Waals surface area contributed by atoms with Crippen LogP contribution in [-0.4, -0.2) is 72.1 Å². The van der Waals surface area contributed by atoms with E-state index in [2.05, 4.69) is 10.2 Å². The summed E-state index contributed by atoms with van der Waals surface area (Å²) in [5, 5.41) is 8.12. The summed E-state index contributed by atoms with van der Waals surface area (Å²) in [6.45, 7) is 4.39. The number of fused-ring (bicyclic) bond motifs is 1. The molecule has 3 heterocycles. The number of carbonyl (C=O) groups is 2. The summed E-state index contributed by atoms with van der Waals surface area (Å²) < 4.78 is 5.65. The molecule has 160 valence electrons. The molecule has 8 nitrogen and oxygen atoms in total. The van der Waals surface area contributed by atoms with Crippen molar-refractivity contribution < 1.29 is 14.0 Å². The average Bonchev–Trinajstić information content (AvgIpc) is 3.40. The molecule has 0 spiro atoms. The van der Waals surface area contributed by atoms with Crippen LogP contribution in [0.1, 0.15) is 50.8 Å². The molecular formula is C21H33N5O3. The van der Waals surface area contributed by atoms with Crippen molar-refractivity contribution >= 4 is 17.8 Å². The maximum absolute atomic E-state index is 13.3. The van der Waals surface area contributed by atoms with Gasteiger partial charge in [-0.3, -0.25) is 9.59 Å². The van der Waals surface area contributed by atoms with Crippen molar-refractivity contribution in [3.05, 3.63) is 5.89 Å². The van der Waals surface area contributed by atoms with Gasteiger partial charge in [0, 0.05) is 59.5 Å². The molecule has 3 aliphatic rings. The monoisotopic (exact) mass is 403 g/mol. The van der Waals surface area contributed by atoms with Crippen LogP contribution in [0, 0.1) is 24.2 Å². The highest BCUT2D eigenvalue weighted by molar-refractivity contribution is 5.84. The van der Waals surface area contributed by atoms with Crippen LogP contribution in [0.2, 0.25) is 0 Å². The normalized spacial score (nSPS) is 27.8. The van der Waals surface area contributed by atoms with Crippen LogP contribution < -0.4 is 4.90 Å². The first-order valence-electron chi connectivity index (χ1n) is 10.9. The van der Waals surface area contributed by atoms with Gasteiger partial charge in [-0.15, -0.1) is 5.10 Å². The minimum atomic E-state index is -0.506. The van der Waals surface area contributed by atoms with Crippen LogP contribution >= 0.6 is 0 Å². The first-order valence-corrected chi connectivity index (χ1v) is 10.9. The van der Waals surface area contributed by atoms with Gasteiger partial charge in [0.1, 0.15) is 0 Å². The Labute approximate surface area is 172 Å². The molecule has 29 heavy (non-hydrogen) atoms. The second-order valence-electron chi connectivity index (χ2n) is 9.33. The molecule has 1 saturated carbocycles. The number of anilines is 1. The first kappa shape index (κ1) is 20.2. The second kappa shape index (κ2) is 7.95. The van der Waals surface area contributed by atoms with Crippen LogP contribution in [0.15, 0.2) is 4.42 Å². The summed E-state index contributed by atoms with van der Waals surface area (Å²) in [7, 11) is 3.64. The Balaban J connectivity index is 1.55. The van der Waals surface area contributed by atoms with Crippen molar-refractivity contribution in [2.45, 2.75) is 51.9 Å². The van der Waals surface area contributed by atoms with E-state index in [1.54, 1.807) is 11.8 Å². The van der Waals surface area contributed by atoms with Gasteiger partial charge in [0.15, 0.2) is 0 Å². The van der Waals surface area contributed by atoms with Gasteiger partial charge >= 0.3 is 6.01 Å². The Morgan fingerprint density at radius 3 is 2.59 bits per heavy atom. The number of carbonyl (C=O) groups excluding carboxylic acids is 2. The van der Waals surface area contributed by atoms with E-state index in [1.165, 1.54) is 25.7 Å². The summed E-state index contributed by atoms with van der Waals surface area (Å²) in [6, 6.07) is 0.477. The smallest absolute Gasteiger partial charge is 0.318 e. The number of amides is 2. The second-order valence-corrected chi connectivity index (χ2v) is 9.33. The van der Waals surface area contributed by atoms with Gasteiger partial charge in [-0.2, -0.15) is 0 Å². The van der Waals surface area contributed by atoms with Crippen LogP contribution in [0.4, 0.5) is 6.01 Å². The van der Waals surface area contributed by atoms with Crippen molar-refractivity contribution in [1.29, 1.82) is 0 Å². The highest BCUT2D eigenvalue weighted by Crippen LogP contribution is 2.45. The Bertz CT molecular complexity index is 757. The van der Waals surface area contributed by atoms with Gasteiger partial charge < -0.3 is 19.1 Å². The highest BCUT2D eigenvalue weighted by Gasteiger charge is 2.55. The van der Waals surface area contributed by atoms with Crippen LogP contribution in [0.25, 0.3) is 0 Å². The first-order chi connectivity index (χ1) is 13.9. The number of aromatic nitrogens is 2. The van der Waals surface area contributed by atoms with Crippen molar-refractivity contribution in [3.8, 4) is 0 Å². The molecule has 1 aliphatic carbocycles. The lowest BCUT2D eigenvalue weighted by atomic mass is 9.74. The Hall–Kier alpha value is -2.12. The molecule has 0 bridgehead atoms. The third-order valence-corrected chi connectivity index (χ3v) is 7.10. The molecule has 0 N–H and O–H groups in total. The number of aryl methyl sites for hydroxylation is 1. The fraction of sp³-hybridized carbons (Fsp3) is 0.810. The molecule has 2 aliphatic heterocycles. The zero-order valence-corrected chi connectivity index (χ0v) is 17.9. The van der Waals surface area contributed by atoms with Crippen molar-refractivity contribution in [1.82, 2.24) is 20.0 Å². The lowest BCUT2D eigenvalue weighted by molar-refractivity contribution is -0.142. The minimum absolute atomic E-state index is 0.0691. The third kappa shape index (κ3) is 3.85. The van der Waals surface area contributed by atoms with Gasteiger partial charge in [0.25, 0.3) is 0 Å². The summed E-state index contributed by atoms with van der Waals surface area (Å²) in [5.74, 6) is 1.54. The topological polar surface area (TPSA) is 82.8 Å². The molecule has 8 heteroatoms. The van der Waals surface area contributed by atoms with Crippen molar-refractivity contribution in [3.63, 3.8) is 0 Å². The van der Waals surface area contributed by atoms with Gasteiger partial charge in [-0.25, -0.2) is 0 Å². The molecule has 0 unspecified atom stereocenters. The van der Waals surface area contributed by atoms with E-state index in [-0.39, 0.29) is 17.7 Å². The number of nitrogens with zero attached hydrogens (tertiary/aromatic N) is 5. The fourth-order valence-corrected chi connectivity index (χ4v) is 5.60. The Morgan fingerprint density at radius 2 is 1.93 bits per heavy atom. The summed E-state index contributed by atoms with van der Waals surface area (Å²) in [5.41, 5.74) is -0.506. The molecule has 2 atom stereocenters. The lowest BCUT2D eigenvalue weighted by Crippen LogP contribution is -2.47. The molecule has 1 aromatic heterocycles. The zero-order chi connectivity index (χ0) is 20.6. The van der Waals surface area contributed by atoms with Gasteiger partial charge in [-0.05, 0) is 31.6 Å². The standard InChI is InChI=1S/C21H33N5O3/c1-15-22-23-20(29-15)26-13-17-12-25(18(27)11-16-7-4-5-8-16)10-6-9-21(17,14-26)19(28)24(2)3/h16-17H,4-14H2,1-3H3/t17-,21-/m0/s1. The molecule has 0 radical (unpaired) electrons. The van der Waals surface area contributed by atoms with Gasteiger partial charge in [0.2, 0.25) is 17.7 Å². The maximum atomic E-state index is 13.3. The summed E-state index contributed by atoms with van der Waals surface area (Å²) >= 11 is 0. The van der Waals surface area contributed by atoms with E-state index in [1.807, 2.05) is 23.9 Å². The molecule has 2 amide bonds. The van der Waals surface area contributed by atoms with Crippen LogP contribution in [0.5, 0.6) is 0 Å². The van der Waals surface area contributed by atoms with E-state index >= 15 is 0 Å². The molecule has 4 rings (SSSR count). The number of hydrogen-bond acceptors (Lipinski definition) is 6. The fourth-order valence-electron chi connectivity index (χ4n) is 5.60. The number of hydrogen-bond donors (Lipinski definition) is 0. The van der Waals surface area contributed by atoms with Crippen LogP contribution in [0.3, 0.4) is 0 Å². The average molecular weight is 404 g/mol. The van der Waals surface area contributed by atoms with E-state index in [0.717, 1.165) is 19.4 Å². The number of rotatable bonds is 4. The summed E-state index contributed by atoms with van der Waals surface area (Å²) in [6.07, 6.45) is 7.15. The minimum Gasteiger partial charge on any atom is -0.408 e. The maximum Gasteiger partial charge on any atom is 0.318 e. The third-order valence-electron chi connectivity index (χ3n) is 7.10. The predicted octanol–water partition coefficient (Wildman–Crippen LogP) is 2.09. The molecule has 1 aromatic rings. The predicted molar refractivity (Wildman–Crippen MR) is 108 cm³/mol. The largest absolute Gasteiger partial charge is 0.408 e.